The molecule has 2 unspecified atom stereocenters. The molecular weight excluding hydrogens is 761 g/mol. The van der Waals surface area contributed by atoms with Gasteiger partial charge in [0.15, 0.2) is 11.3 Å². The van der Waals surface area contributed by atoms with Crippen molar-refractivity contribution in [2.24, 2.45) is 5.92 Å². The van der Waals surface area contributed by atoms with E-state index in [4.69, 9.17) is 9.72 Å². The number of ether oxygens (including phenoxy) is 1. The number of nitrogens with zero attached hydrogens (tertiary/aromatic N) is 9. The highest BCUT2D eigenvalue weighted by atomic mass is 19.3. The van der Waals surface area contributed by atoms with Crippen LogP contribution in [-0.4, -0.2) is 117 Å². The number of allylic oxidation sites excluding steroid dienone is 1. The Balaban J connectivity index is 0.749. The van der Waals surface area contributed by atoms with Crippen molar-refractivity contribution in [2.75, 3.05) is 67.5 Å². The number of piperazine rings is 1. The van der Waals surface area contributed by atoms with Gasteiger partial charge < -0.3 is 19.9 Å². The summed E-state index contributed by atoms with van der Waals surface area (Å²) in [6, 6.07) is 8.91. The first-order chi connectivity index (χ1) is 28.7. The van der Waals surface area contributed by atoms with Crippen LogP contribution in [-0.2, 0) is 9.53 Å². The number of fused-ring (bicyclic) bond motifs is 3. The van der Waals surface area contributed by atoms with E-state index in [2.05, 4.69) is 59.6 Å². The van der Waals surface area contributed by atoms with Crippen molar-refractivity contribution in [3.8, 4) is 11.8 Å². The first kappa shape index (κ1) is 38.6. The first-order valence-corrected chi connectivity index (χ1v) is 20.5. The highest BCUT2D eigenvalue weighted by molar-refractivity contribution is 6.08. The molecule has 2 N–H and O–H groups in total. The topological polar surface area (TPSA) is 145 Å². The minimum absolute atomic E-state index is 0.00501. The van der Waals surface area contributed by atoms with Crippen molar-refractivity contribution in [1.29, 1.82) is 0 Å². The van der Waals surface area contributed by atoms with Crippen LogP contribution in [0.5, 0.6) is 0 Å². The van der Waals surface area contributed by atoms with Gasteiger partial charge in [-0.25, -0.2) is 23.1 Å². The van der Waals surface area contributed by atoms with Gasteiger partial charge in [-0.05, 0) is 74.9 Å². The van der Waals surface area contributed by atoms with Crippen LogP contribution in [0.1, 0.15) is 79.0 Å². The molecule has 17 heteroatoms. The van der Waals surface area contributed by atoms with Crippen molar-refractivity contribution in [1.82, 2.24) is 39.5 Å². The molecule has 1 aromatic carbocycles. The van der Waals surface area contributed by atoms with Gasteiger partial charge in [0.25, 0.3) is 12.3 Å². The Bertz CT molecular complexity index is 2290. The summed E-state index contributed by atoms with van der Waals surface area (Å²) in [7, 11) is 0. The van der Waals surface area contributed by atoms with E-state index in [0.717, 1.165) is 94.9 Å². The fraction of sp³-hybridized carbons (Fsp3) is 0.476. The van der Waals surface area contributed by atoms with E-state index in [1.165, 1.54) is 16.9 Å². The lowest BCUT2D eigenvalue weighted by atomic mass is 9.86. The van der Waals surface area contributed by atoms with Crippen molar-refractivity contribution < 1.29 is 27.9 Å². The Morgan fingerprint density at radius 3 is 2.58 bits per heavy atom. The second-order valence-electron chi connectivity index (χ2n) is 16.0. The zero-order valence-corrected chi connectivity index (χ0v) is 32.7. The predicted octanol–water partition coefficient (Wildman–Crippen LogP) is 4.84. The maximum Gasteiger partial charge on any atom is 0.328 e. The summed E-state index contributed by atoms with van der Waals surface area (Å²) < 4.78 is 37.6. The number of hydrogen-bond acceptors (Lipinski definition) is 10. The molecule has 1 aliphatic carbocycles. The molecule has 2 atom stereocenters. The van der Waals surface area contributed by atoms with Crippen molar-refractivity contribution >= 4 is 40.7 Å². The largest absolute Gasteiger partial charge is 0.375 e. The Kier molecular flexibility index (Phi) is 11.0. The predicted molar refractivity (Wildman–Crippen MR) is 215 cm³/mol. The van der Waals surface area contributed by atoms with Crippen molar-refractivity contribution in [3.05, 3.63) is 78.0 Å². The second kappa shape index (κ2) is 16.8. The number of carbonyl (C=O) groups is 3. The standard InChI is InChI=1S/C42H47F2N11O4/c43-39(44)38-35(46-41(57)34-24-45-54-18-13-36(47-40(34)54)52-25-32-10-11-33(26-52)59-32)27-55(49-38)30-8-6-28(7-9-30)12-16-51-21-19-50(20-22-51)15-2-4-29-3-1-5-31(23-29)53-17-14-37(56)48-42(53)58/h1,3,5,12-13,16,18,23-24,27-28,30,32-33,39H,6-11,14-15,17,19-22,25-26H2,(H,46,57)(H,48,56,58)/b16-12+. The highest BCUT2D eigenvalue weighted by Crippen LogP contribution is 2.36. The normalized spacial score (nSPS) is 23.9. The molecule has 4 saturated heterocycles. The highest BCUT2D eigenvalue weighted by Gasteiger charge is 2.35. The quantitative estimate of drug-likeness (QED) is 0.226. The Hall–Kier alpha value is -5.86. The Labute approximate surface area is 340 Å². The molecule has 5 fully saturated rings. The number of carbonyl (C=O) groups excluding carboxylic acids is 3. The average Bonchev–Trinajstić information content (AvgIpc) is 3.96. The van der Waals surface area contributed by atoms with E-state index in [9.17, 15) is 23.2 Å². The van der Waals surface area contributed by atoms with Gasteiger partial charge >= 0.3 is 6.03 Å². The fourth-order valence-electron chi connectivity index (χ4n) is 8.73. The lowest BCUT2D eigenvalue weighted by Crippen LogP contribution is -2.49. The zero-order chi connectivity index (χ0) is 40.5. The molecule has 308 valence electrons. The van der Waals surface area contributed by atoms with Crippen LogP contribution in [0, 0.1) is 17.8 Å². The number of nitrogens with one attached hydrogen (secondary N) is 2. The molecule has 0 radical (unpaired) electrons. The van der Waals surface area contributed by atoms with Crippen LogP contribution in [0.25, 0.3) is 5.65 Å². The molecule has 5 aliphatic rings. The molecule has 1 saturated carbocycles. The molecule has 3 aromatic heterocycles. The van der Waals surface area contributed by atoms with Gasteiger partial charge in [-0.15, -0.1) is 0 Å². The number of urea groups is 1. The summed E-state index contributed by atoms with van der Waals surface area (Å²) in [5.41, 5.74) is 1.64. The molecule has 59 heavy (non-hydrogen) atoms. The average molecular weight is 808 g/mol. The third kappa shape index (κ3) is 8.64. The number of benzene rings is 1. The number of aromatic nitrogens is 5. The summed E-state index contributed by atoms with van der Waals surface area (Å²) in [4.78, 5) is 50.4. The number of anilines is 3. The summed E-state index contributed by atoms with van der Waals surface area (Å²) >= 11 is 0. The van der Waals surface area contributed by atoms with Crippen molar-refractivity contribution in [3.63, 3.8) is 0 Å². The third-order valence-corrected chi connectivity index (χ3v) is 12.0. The van der Waals surface area contributed by atoms with Gasteiger partial charge in [-0.3, -0.25) is 29.4 Å². The van der Waals surface area contributed by atoms with Crippen LogP contribution >= 0.6 is 0 Å². The maximum absolute atomic E-state index is 14.3. The van der Waals surface area contributed by atoms with E-state index >= 15 is 0 Å². The van der Waals surface area contributed by atoms with Gasteiger partial charge in [0.05, 0.1) is 36.7 Å². The molecule has 4 amide bonds. The van der Waals surface area contributed by atoms with Crippen LogP contribution in [0.4, 0.5) is 30.8 Å². The second-order valence-corrected chi connectivity index (χ2v) is 16.0. The van der Waals surface area contributed by atoms with E-state index in [-0.39, 0.29) is 41.8 Å². The summed E-state index contributed by atoms with van der Waals surface area (Å²) in [5.74, 6) is 6.77. The number of halogens is 2. The van der Waals surface area contributed by atoms with Gasteiger partial charge in [-0.1, -0.05) is 24.0 Å². The number of imide groups is 1. The maximum atomic E-state index is 14.3. The van der Waals surface area contributed by atoms with Gasteiger partial charge in [-0.2, -0.15) is 10.2 Å². The monoisotopic (exact) mass is 807 g/mol. The van der Waals surface area contributed by atoms with Crippen LogP contribution in [0.15, 0.2) is 61.2 Å². The SMILES string of the molecule is O=C1CCN(c2cccc(C#CCN3CCN(/C=C/C4CCC(n5cc(NC(=O)c6cnn7ccc(N8CC9CCC(C8)O9)nc67)c(C(F)F)n5)CC4)CC3)c2)C(=O)N1. The summed E-state index contributed by atoms with van der Waals surface area (Å²) in [6.45, 7) is 6.03. The minimum Gasteiger partial charge on any atom is -0.375 e. The van der Waals surface area contributed by atoms with Crippen LogP contribution < -0.4 is 20.4 Å². The van der Waals surface area contributed by atoms with Crippen LogP contribution in [0.2, 0.25) is 0 Å². The molecular formula is C42H47F2N11O4. The first-order valence-electron chi connectivity index (χ1n) is 20.5. The van der Waals surface area contributed by atoms with E-state index in [1.807, 2.05) is 30.3 Å². The minimum atomic E-state index is -2.86. The lowest BCUT2D eigenvalue weighted by molar-refractivity contribution is -0.120. The zero-order valence-electron chi connectivity index (χ0n) is 32.7. The number of morpholine rings is 1. The smallest absolute Gasteiger partial charge is 0.328 e. The van der Waals surface area contributed by atoms with E-state index < -0.39 is 24.1 Å². The Morgan fingerprint density at radius 2 is 1.81 bits per heavy atom. The fourth-order valence-corrected chi connectivity index (χ4v) is 8.73. The van der Waals surface area contributed by atoms with Crippen LogP contribution in [0.3, 0.4) is 0 Å². The summed E-state index contributed by atoms with van der Waals surface area (Å²) in [6.07, 6.45) is 12.4. The number of hydrogen-bond donors (Lipinski definition) is 2. The molecule has 7 heterocycles. The lowest BCUT2D eigenvalue weighted by Gasteiger charge is -2.33. The van der Waals surface area contributed by atoms with Crippen molar-refractivity contribution in [2.45, 2.75) is 69.6 Å². The molecule has 0 spiro atoms. The van der Waals surface area contributed by atoms with Gasteiger partial charge in [0.1, 0.15) is 11.4 Å². The van der Waals surface area contributed by atoms with E-state index in [0.29, 0.717) is 24.7 Å². The summed E-state index contributed by atoms with van der Waals surface area (Å²) in [5, 5.41) is 13.6. The number of alkyl halides is 2. The number of rotatable bonds is 9. The van der Waals surface area contributed by atoms with Gasteiger partial charge in [0, 0.05) is 75.9 Å². The number of amides is 4. The third-order valence-electron chi connectivity index (χ3n) is 12.0. The van der Waals surface area contributed by atoms with E-state index in [1.54, 1.807) is 15.8 Å². The molecule has 4 aliphatic heterocycles. The molecule has 15 nitrogen and oxygen atoms in total. The Morgan fingerprint density at radius 1 is 1.02 bits per heavy atom. The molecule has 9 rings (SSSR count). The van der Waals surface area contributed by atoms with Gasteiger partial charge in [0.2, 0.25) is 5.91 Å². The molecule has 4 aromatic rings. The molecule has 2 bridgehead atoms.